The number of ether oxygens (including phenoxy) is 1. The second-order valence-corrected chi connectivity index (χ2v) is 6.82. The van der Waals surface area contributed by atoms with E-state index in [1.807, 2.05) is 83.4 Å². The molecule has 0 unspecified atom stereocenters. The molecule has 6 heteroatoms. The lowest BCUT2D eigenvalue weighted by atomic mass is 9.91. The van der Waals surface area contributed by atoms with Gasteiger partial charge in [0.2, 0.25) is 11.9 Å². The van der Waals surface area contributed by atoms with E-state index in [-0.39, 0.29) is 5.91 Å². The number of benzene rings is 3. The lowest BCUT2D eigenvalue weighted by Crippen LogP contribution is -2.37. The average Bonchev–Trinajstić information content (AvgIpc) is 3.11. The number of nitriles is 1. The predicted octanol–water partition coefficient (Wildman–Crippen LogP) is 4.51. The number of hydrogen-bond acceptors (Lipinski definition) is 4. The molecule has 0 bridgehead atoms. The van der Waals surface area contributed by atoms with E-state index in [9.17, 15) is 10.1 Å². The molecule has 0 saturated carbocycles. The first-order valence-electron chi connectivity index (χ1n) is 9.25. The van der Waals surface area contributed by atoms with Crippen LogP contribution in [0.4, 0.5) is 5.95 Å². The maximum Gasteiger partial charge on any atom is 0.246 e. The molecule has 1 aromatic heterocycles. The second kappa shape index (κ2) is 6.80. The number of amides is 1. The summed E-state index contributed by atoms with van der Waals surface area (Å²) in [4.78, 5) is 17.1. The molecule has 140 valence electrons. The van der Waals surface area contributed by atoms with Gasteiger partial charge in [0.05, 0.1) is 23.1 Å². The first-order chi connectivity index (χ1) is 14.2. The summed E-state index contributed by atoms with van der Waals surface area (Å²) in [6, 6.07) is 26.3. The highest BCUT2D eigenvalue weighted by Crippen LogP contribution is 2.39. The van der Waals surface area contributed by atoms with Gasteiger partial charge in [-0.1, -0.05) is 42.5 Å². The maximum atomic E-state index is 12.6. The Morgan fingerprint density at radius 2 is 1.72 bits per heavy atom. The van der Waals surface area contributed by atoms with Gasteiger partial charge in [-0.2, -0.15) is 5.26 Å². The van der Waals surface area contributed by atoms with Gasteiger partial charge in [-0.15, -0.1) is 0 Å². The van der Waals surface area contributed by atoms with Crippen molar-refractivity contribution in [1.29, 1.82) is 5.26 Å². The van der Waals surface area contributed by atoms with Gasteiger partial charge in [0, 0.05) is 0 Å². The zero-order valence-electron chi connectivity index (χ0n) is 15.3. The van der Waals surface area contributed by atoms with E-state index < -0.39 is 12.0 Å². The smallest absolute Gasteiger partial charge is 0.246 e. The van der Waals surface area contributed by atoms with Crippen molar-refractivity contribution in [1.82, 2.24) is 9.55 Å². The summed E-state index contributed by atoms with van der Waals surface area (Å²) < 4.78 is 7.88. The van der Waals surface area contributed by atoms with Crippen LogP contribution in [0.5, 0.6) is 11.5 Å². The summed E-state index contributed by atoms with van der Waals surface area (Å²) in [6.07, 6.45) is 0. The minimum Gasteiger partial charge on any atom is -0.457 e. The Hall–Kier alpha value is -4.11. The largest absolute Gasteiger partial charge is 0.457 e. The molecule has 0 saturated heterocycles. The van der Waals surface area contributed by atoms with Crippen LogP contribution >= 0.6 is 0 Å². The normalized spacial score (nSPS) is 18.0. The number of nitrogens with zero attached hydrogens (tertiary/aromatic N) is 3. The van der Waals surface area contributed by atoms with E-state index in [4.69, 9.17) is 4.74 Å². The molecular formula is C23H16N4O2. The van der Waals surface area contributed by atoms with Crippen molar-refractivity contribution in [3.8, 4) is 17.6 Å². The Morgan fingerprint density at radius 1 is 0.966 bits per heavy atom. The SMILES string of the molecule is N#C[C@H]1C(=O)Nc2nc3ccccc3n2[C@H]1c1cccc(Oc2ccccc2)c1. The number of hydrogen-bond donors (Lipinski definition) is 1. The van der Waals surface area contributed by atoms with Crippen LogP contribution in [0.1, 0.15) is 11.6 Å². The van der Waals surface area contributed by atoms with Gasteiger partial charge in [-0.3, -0.25) is 10.1 Å². The highest BCUT2D eigenvalue weighted by Gasteiger charge is 2.38. The number of carbonyl (C=O) groups excluding carboxylic acids is 1. The predicted molar refractivity (Wildman–Crippen MR) is 109 cm³/mol. The number of anilines is 1. The molecule has 0 radical (unpaired) electrons. The zero-order valence-corrected chi connectivity index (χ0v) is 15.3. The molecule has 0 aliphatic carbocycles. The van der Waals surface area contributed by atoms with Crippen LogP contribution < -0.4 is 10.1 Å². The molecule has 2 atom stereocenters. The quantitative estimate of drug-likeness (QED) is 0.567. The van der Waals surface area contributed by atoms with Crippen LogP contribution in [-0.2, 0) is 4.79 Å². The van der Waals surface area contributed by atoms with Crippen molar-refractivity contribution in [2.45, 2.75) is 6.04 Å². The van der Waals surface area contributed by atoms with Gasteiger partial charge in [-0.25, -0.2) is 4.98 Å². The topological polar surface area (TPSA) is 79.9 Å². The third-order valence-electron chi connectivity index (χ3n) is 5.02. The molecule has 6 nitrogen and oxygen atoms in total. The molecule has 1 N–H and O–H groups in total. The molecule has 29 heavy (non-hydrogen) atoms. The van der Waals surface area contributed by atoms with E-state index in [1.165, 1.54) is 0 Å². The number of nitrogens with one attached hydrogen (secondary N) is 1. The highest BCUT2D eigenvalue weighted by atomic mass is 16.5. The number of rotatable bonds is 3. The number of fused-ring (bicyclic) bond motifs is 3. The monoisotopic (exact) mass is 380 g/mol. The molecule has 1 aliphatic heterocycles. The summed E-state index contributed by atoms with van der Waals surface area (Å²) >= 11 is 0. The number of imidazole rings is 1. The zero-order chi connectivity index (χ0) is 19.8. The summed E-state index contributed by atoms with van der Waals surface area (Å²) in [7, 11) is 0. The minimum absolute atomic E-state index is 0.352. The van der Waals surface area contributed by atoms with E-state index in [0.29, 0.717) is 11.7 Å². The van der Waals surface area contributed by atoms with E-state index >= 15 is 0 Å². The van der Waals surface area contributed by atoms with Crippen LogP contribution in [0.3, 0.4) is 0 Å². The average molecular weight is 380 g/mol. The Labute approximate surface area is 167 Å². The summed E-state index contributed by atoms with van der Waals surface area (Å²) in [5, 5.41) is 12.5. The minimum atomic E-state index is -0.882. The number of para-hydroxylation sites is 3. The maximum absolute atomic E-state index is 12.6. The molecule has 0 spiro atoms. The van der Waals surface area contributed by atoms with Gasteiger partial charge < -0.3 is 9.30 Å². The molecule has 4 aromatic rings. The van der Waals surface area contributed by atoms with Gasteiger partial charge in [-0.05, 0) is 42.0 Å². The van der Waals surface area contributed by atoms with Gasteiger partial charge >= 0.3 is 0 Å². The van der Waals surface area contributed by atoms with Gasteiger partial charge in [0.25, 0.3) is 0 Å². The third-order valence-corrected chi connectivity index (χ3v) is 5.02. The number of aromatic nitrogens is 2. The Kier molecular flexibility index (Phi) is 3.99. The first kappa shape index (κ1) is 17.0. The number of carbonyl (C=O) groups is 1. The van der Waals surface area contributed by atoms with Crippen molar-refractivity contribution in [2.75, 3.05) is 5.32 Å². The van der Waals surface area contributed by atoms with Crippen molar-refractivity contribution in [3.05, 3.63) is 84.4 Å². The molecular weight excluding hydrogens is 364 g/mol. The Morgan fingerprint density at radius 3 is 2.55 bits per heavy atom. The van der Waals surface area contributed by atoms with Crippen molar-refractivity contribution in [2.24, 2.45) is 5.92 Å². The van der Waals surface area contributed by atoms with Crippen LogP contribution in [0.2, 0.25) is 0 Å². The summed E-state index contributed by atoms with van der Waals surface area (Å²) in [5.41, 5.74) is 2.44. The van der Waals surface area contributed by atoms with Gasteiger partial charge in [0.1, 0.15) is 11.5 Å². The van der Waals surface area contributed by atoms with E-state index in [1.54, 1.807) is 0 Å². The van der Waals surface area contributed by atoms with Crippen molar-refractivity contribution >= 4 is 22.9 Å². The fraction of sp³-hybridized carbons (Fsp3) is 0.0870. The fourth-order valence-electron chi connectivity index (χ4n) is 3.75. The molecule has 0 fully saturated rings. The lowest BCUT2D eigenvalue weighted by Gasteiger charge is -2.30. The van der Waals surface area contributed by atoms with Crippen LogP contribution in [0.25, 0.3) is 11.0 Å². The van der Waals surface area contributed by atoms with E-state index in [2.05, 4.69) is 16.4 Å². The summed E-state index contributed by atoms with van der Waals surface area (Å²) in [5.74, 6) is 0.572. The Balaban J connectivity index is 1.64. The van der Waals surface area contributed by atoms with Crippen LogP contribution in [-0.4, -0.2) is 15.5 Å². The molecule has 1 amide bonds. The van der Waals surface area contributed by atoms with Crippen molar-refractivity contribution < 1.29 is 9.53 Å². The van der Waals surface area contributed by atoms with E-state index in [0.717, 1.165) is 22.3 Å². The van der Waals surface area contributed by atoms with Gasteiger partial charge in [0.15, 0.2) is 5.92 Å². The second-order valence-electron chi connectivity index (χ2n) is 6.82. The van der Waals surface area contributed by atoms with Crippen LogP contribution in [0.15, 0.2) is 78.9 Å². The molecule has 1 aliphatic rings. The lowest BCUT2D eigenvalue weighted by molar-refractivity contribution is -0.119. The first-order valence-corrected chi connectivity index (χ1v) is 9.25. The Bertz CT molecular complexity index is 1260. The molecule has 5 rings (SSSR count). The fourth-order valence-corrected chi connectivity index (χ4v) is 3.75. The molecule has 2 heterocycles. The third kappa shape index (κ3) is 2.89. The summed E-state index contributed by atoms with van der Waals surface area (Å²) in [6.45, 7) is 0. The standard InChI is InChI=1S/C23H16N4O2/c24-14-18-21(15-7-6-10-17(13-15)29-16-8-2-1-3-9-16)27-20-12-5-4-11-19(20)25-23(27)26-22(18)28/h1-13,18,21H,(H,25,26,28)/t18-,21+/m1/s1. The highest BCUT2D eigenvalue weighted by molar-refractivity contribution is 5.97. The molecule has 3 aromatic carbocycles. The van der Waals surface area contributed by atoms with Crippen LogP contribution in [0, 0.1) is 17.2 Å². The van der Waals surface area contributed by atoms with Crippen molar-refractivity contribution in [3.63, 3.8) is 0 Å².